The number of fused-ring (bicyclic) bond motifs is 1. The van der Waals surface area contributed by atoms with Gasteiger partial charge < -0.3 is 4.42 Å². The zero-order valence-electron chi connectivity index (χ0n) is 12.6. The Labute approximate surface area is 125 Å². The number of para-hydroxylation sites is 1. The van der Waals surface area contributed by atoms with E-state index in [1.807, 2.05) is 42.6 Å². The molecule has 2 atom stereocenters. The van der Waals surface area contributed by atoms with Gasteiger partial charge in [0.05, 0.1) is 11.7 Å². The number of benzene rings is 1. The van der Waals surface area contributed by atoms with Crippen LogP contribution < -0.4 is 5.32 Å². The zero-order chi connectivity index (χ0) is 14.8. The van der Waals surface area contributed by atoms with Gasteiger partial charge in [-0.1, -0.05) is 24.3 Å². The van der Waals surface area contributed by atoms with Crippen LogP contribution in [-0.2, 0) is 0 Å². The van der Waals surface area contributed by atoms with Crippen molar-refractivity contribution >= 4 is 11.0 Å². The Morgan fingerprint density at radius 2 is 1.76 bits per heavy atom. The lowest BCUT2D eigenvalue weighted by Gasteiger charge is -2.18. The van der Waals surface area contributed by atoms with Gasteiger partial charge in [0.25, 0.3) is 0 Å². The monoisotopic (exact) mass is 280 g/mol. The van der Waals surface area contributed by atoms with Crippen LogP contribution in [0.2, 0.25) is 0 Å². The lowest BCUT2D eigenvalue weighted by molar-refractivity contribution is 0.411. The fourth-order valence-electron chi connectivity index (χ4n) is 2.77. The summed E-state index contributed by atoms with van der Waals surface area (Å²) in [4.78, 5) is 4.40. The molecule has 3 heteroatoms. The van der Waals surface area contributed by atoms with E-state index in [9.17, 15) is 0 Å². The minimum absolute atomic E-state index is 0.134. The first-order valence-corrected chi connectivity index (χ1v) is 7.32. The summed E-state index contributed by atoms with van der Waals surface area (Å²) in [6, 6.07) is 14.5. The van der Waals surface area contributed by atoms with Crippen LogP contribution in [0, 0.1) is 6.92 Å². The smallest absolute Gasteiger partial charge is 0.134 e. The predicted octanol–water partition coefficient (Wildman–Crippen LogP) is 4.55. The first-order valence-electron chi connectivity index (χ1n) is 7.32. The lowest BCUT2D eigenvalue weighted by atomic mass is 10.1. The van der Waals surface area contributed by atoms with Crippen molar-refractivity contribution in [3.63, 3.8) is 0 Å². The van der Waals surface area contributed by atoms with Gasteiger partial charge in [0, 0.05) is 17.6 Å². The number of aromatic nitrogens is 1. The molecule has 0 spiro atoms. The first-order chi connectivity index (χ1) is 10.2. The van der Waals surface area contributed by atoms with E-state index in [1.165, 1.54) is 10.9 Å². The molecule has 3 rings (SSSR count). The van der Waals surface area contributed by atoms with E-state index >= 15 is 0 Å². The van der Waals surface area contributed by atoms with Crippen molar-refractivity contribution in [3.05, 3.63) is 65.7 Å². The van der Waals surface area contributed by atoms with Crippen molar-refractivity contribution in [1.82, 2.24) is 10.3 Å². The van der Waals surface area contributed by atoms with E-state index in [0.717, 1.165) is 17.0 Å². The summed E-state index contributed by atoms with van der Waals surface area (Å²) in [6.07, 6.45) is 1.82. The standard InChI is InChI=1S/C18H20N2O/c1-12-15-8-4-5-10-17(15)21-18(12)14(3)20-13(2)16-9-6-7-11-19-16/h4-11,13-14,20H,1-3H3/t13-,14?/m0/s1. The SMILES string of the molecule is Cc1c(C(C)N[C@@H](C)c2ccccn2)oc2ccccc12. The number of nitrogens with zero attached hydrogens (tertiary/aromatic N) is 1. The quantitative estimate of drug-likeness (QED) is 0.762. The number of furan rings is 1. The third-order valence-electron chi connectivity index (χ3n) is 3.91. The maximum Gasteiger partial charge on any atom is 0.134 e. The highest BCUT2D eigenvalue weighted by atomic mass is 16.3. The van der Waals surface area contributed by atoms with E-state index in [4.69, 9.17) is 4.42 Å². The molecule has 3 aromatic rings. The van der Waals surface area contributed by atoms with Crippen LogP contribution in [-0.4, -0.2) is 4.98 Å². The van der Waals surface area contributed by atoms with Crippen molar-refractivity contribution < 1.29 is 4.42 Å². The van der Waals surface area contributed by atoms with Gasteiger partial charge in [0.2, 0.25) is 0 Å². The van der Waals surface area contributed by atoms with Gasteiger partial charge >= 0.3 is 0 Å². The fraction of sp³-hybridized carbons (Fsp3) is 0.278. The van der Waals surface area contributed by atoms with Crippen LogP contribution in [0.15, 0.2) is 53.1 Å². The molecule has 3 nitrogen and oxygen atoms in total. The van der Waals surface area contributed by atoms with E-state index in [1.54, 1.807) is 0 Å². The third-order valence-corrected chi connectivity index (χ3v) is 3.91. The minimum atomic E-state index is 0.134. The summed E-state index contributed by atoms with van der Waals surface area (Å²) in [7, 11) is 0. The second-order valence-electron chi connectivity index (χ2n) is 5.45. The molecule has 0 aliphatic rings. The van der Waals surface area contributed by atoms with Crippen LogP contribution in [0.5, 0.6) is 0 Å². The Kier molecular flexibility index (Phi) is 3.76. The van der Waals surface area contributed by atoms with Gasteiger partial charge in [0.1, 0.15) is 11.3 Å². The van der Waals surface area contributed by atoms with Gasteiger partial charge in [-0.3, -0.25) is 10.3 Å². The molecule has 0 radical (unpaired) electrons. The number of pyridine rings is 1. The van der Waals surface area contributed by atoms with Gasteiger partial charge in [-0.15, -0.1) is 0 Å². The van der Waals surface area contributed by atoms with Crippen LogP contribution >= 0.6 is 0 Å². The van der Waals surface area contributed by atoms with Crippen LogP contribution in [0.3, 0.4) is 0 Å². The molecule has 0 bridgehead atoms. The predicted molar refractivity (Wildman–Crippen MR) is 85.2 cm³/mol. The van der Waals surface area contributed by atoms with Crippen molar-refractivity contribution in [2.75, 3.05) is 0 Å². The molecule has 0 aliphatic carbocycles. The molecule has 2 aromatic heterocycles. The molecule has 0 saturated carbocycles. The summed E-state index contributed by atoms with van der Waals surface area (Å²) < 4.78 is 6.01. The Morgan fingerprint density at radius 3 is 2.48 bits per heavy atom. The molecule has 108 valence electrons. The molecule has 1 aromatic carbocycles. The molecule has 2 heterocycles. The number of hydrogen-bond donors (Lipinski definition) is 1. The first kappa shape index (κ1) is 13.8. The summed E-state index contributed by atoms with van der Waals surface area (Å²) in [5, 5.41) is 4.74. The highest BCUT2D eigenvalue weighted by Gasteiger charge is 2.18. The van der Waals surface area contributed by atoms with Gasteiger partial charge in [-0.25, -0.2) is 0 Å². The molecular weight excluding hydrogens is 260 g/mol. The summed E-state index contributed by atoms with van der Waals surface area (Å²) >= 11 is 0. The molecule has 1 N–H and O–H groups in total. The highest BCUT2D eigenvalue weighted by molar-refractivity contribution is 5.82. The Bertz CT molecular complexity index is 733. The van der Waals surface area contributed by atoms with E-state index < -0.39 is 0 Å². The van der Waals surface area contributed by atoms with Crippen molar-refractivity contribution in [3.8, 4) is 0 Å². The normalized spacial score (nSPS) is 14.2. The highest BCUT2D eigenvalue weighted by Crippen LogP contribution is 2.30. The van der Waals surface area contributed by atoms with Crippen LogP contribution in [0.25, 0.3) is 11.0 Å². The van der Waals surface area contributed by atoms with Crippen molar-refractivity contribution in [2.45, 2.75) is 32.9 Å². The number of hydrogen-bond acceptors (Lipinski definition) is 3. The molecule has 0 fully saturated rings. The second-order valence-corrected chi connectivity index (χ2v) is 5.45. The molecule has 1 unspecified atom stereocenters. The summed E-state index contributed by atoms with van der Waals surface area (Å²) in [6.45, 7) is 6.37. The Morgan fingerprint density at radius 1 is 1.00 bits per heavy atom. The average Bonchev–Trinajstić information content (AvgIpc) is 2.86. The zero-order valence-corrected chi connectivity index (χ0v) is 12.6. The van der Waals surface area contributed by atoms with E-state index in [2.05, 4.69) is 37.1 Å². The molecule has 0 saturated heterocycles. The number of rotatable bonds is 4. The molecular formula is C18H20N2O. The van der Waals surface area contributed by atoms with Crippen LogP contribution in [0.4, 0.5) is 0 Å². The molecule has 21 heavy (non-hydrogen) atoms. The van der Waals surface area contributed by atoms with Gasteiger partial charge in [-0.05, 0) is 44.5 Å². The minimum Gasteiger partial charge on any atom is -0.459 e. The maximum atomic E-state index is 6.01. The second kappa shape index (κ2) is 5.70. The molecule has 0 aliphatic heterocycles. The average molecular weight is 280 g/mol. The van der Waals surface area contributed by atoms with E-state index in [0.29, 0.717) is 0 Å². The Hall–Kier alpha value is -2.13. The maximum absolute atomic E-state index is 6.01. The van der Waals surface area contributed by atoms with Crippen molar-refractivity contribution in [1.29, 1.82) is 0 Å². The van der Waals surface area contributed by atoms with Crippen molar-refractivity contribution in [2.24, 2.45) is 0 Å². The number of nitrogens with one attached hydrogen (secondary N) is 1. The fourth-order valence-corrected chi connectivity index (χ4v) is 2.77. The summed E-state index contributed by atoms with van der Waals surface area (Å²) in [5.41, 5.74) is 3.20. The van der Waals surface area contributed by atoms with Crippen LogP contribution in [0.1, 0.15) is 42.9 Å². The van der Waals surface area contributed by atoms with Gasteiger partial charge in [-0.2, -0.15) is 0 Å². The third kappa shape index (κ3) is 2.69. The Balaban J connectivity index is 1.84. The largest absolute Gasteiger partial charge is 0.459 e. The number of aryl methyl sites for hydroxylation is 1. The topological polar surface area (TPSA) is 38.1 Å². The summed E-state index contributed by atoms with van der Waals surface area (Å²) in [5.74, 6) is 0.999. The van der Waals surface area contributed by atoms with E-state index in [-0.39, 0.29) is 12.1 Å². The molecule has 0 amide bonds. The van der Waals surface area contributed by atoms with Gasteiger partial charge in [0.15, 0.2) is 0 Å². The lowest BCUT2D eigenvalue weighted by Crippen LogP contribution is -2.23.